The number of carbonyl (C=O) groups excluding carboxylic acids is 1. The van der Waals surface area contributed by atoms with Gasteiger partial charge in [0.15, 0.2) is 17.5 Å². The van der Waals surface area contributed by atoms with Crippen molar-refractivity contribution < 1.29 is 18.9 Å². The zero-order chi connectivity index (χ0) is 16.0. The van der Waals surface area contributed by atoms with Crippen LogP contribution in [0.5, 0.6) is 5.75 Å². The summed E-state index contributed by atoms with van der Waals surface area (Å²) in [6.45, 7) is 8.81. The number of hydrogen-bond donors (Lipinski definition) is 0. The molecule has 2 atom stereocenters. The number of hydrogen-bond acceptors (Lipinski definition) is 4. The zero-order valence-electron chi connectivity index (χ0n) is 13.1. The van der Waals surface area contributed by atoms with E-state index >= 15 is 0 Å². The van der Waals surface area contributed by atoms with E-state index in [1.807, 2.05) is 32.0 Å². The molecule has 0 saturated heterocycles. The van der Waals surface area contributed by atoms with Gasteiger partial charge in [0.1, 0.15) is 0 Å². The number of nitrogens with zero attached hydrogens (tertiary/aromatic N) is 1. The Morgan fingerprint density at radius 1 is 1.10 bits per heavy atom. The molecular weight excluding hydrogens is 289 g/mol. The van der Waals surface area contributed by atoms with Crippen LogP contribution in [-0.4, -0.2) is 28.6 Å². The second-order valence-corrected chi connectivity index (χ2v) is 7.30. The first-order chi connectivity index (χ1) is 9.82. The van der Waals surface area contributed by atoms with E-state index in [1.54, 1.807) is 32.9 Å². The van der Waals surface area contributed by atoms with Crippen molar-refractivity contribution in [2.45, 2.75) is 52.4 Å². The van der Waals surface area contributed by atoms with Crippen molar-refractivity contribution in [3.8, 4) is 5.75 Å². The maximum atomic E-state index is 12.4. The van der Waals surface area contributed by atoms with Crippen molar-refractivity contribution in [3.63, 3.8) is 0 Å². The number of hydroxylamine groups is 1. The predicted molar refractivity (Wildman–Crippen MR) is 82.3 cm³/mol. The van der Waals surface area contributed by atoms with E-state index in [0.29, 0.717) is 5.75 Å². The lowest BCUT2D eigenvalue weighted by Gasteiger charge is -2.19. The molecule has 1 rings (SSSR count). The zero-order valence-corrected chi connectivity index (χ0v) is 14.0. The Kier molecular flexibility index (Phi) is 6.79. The normalized spacial score (nSPS) is 13.4. The summed E-state index contributed by atoms with van der Waals surface area (Å²) in [4.78, 5) is 18.9. The molecule has 1 aromatic rings. The first-order valence-corrected chi connectivity index (χ1v) is 8.30. The maximum absolute atomic E-state index is 12.4. The summed E-state index contributed by atoms with van der Waals surface area (Å²) in [6, 6.07) is 8.23. The molecule has 0 amide bonds. The molecule has 0 bridgehead atoms. The number of carbonyl (C=O) groups is 1. The average molecular weight is 312 g/mol. The number of para-hydroxylation sites is 1. The Morgan fingerprint density at radius 2 is 1.67 bits per heavy atom. The van der Waals surface area contributed by atoms with Crippen molar-refractivity contribution in [2.24, 2.45) is 0 Å². The van der Waals surface area contributed by atoms with Gasteiger partial charge in [0.05, 0.1) is 10.9 Å². The summed E-state index contributed by atoms with van der Waals surface area (Å²) in [5, 5.41) is 0. The summed E-state index contributed by atoms with van der Waals surface area (Å²) < 4.78 is 17.6. The quantitative estimate of drug-likeness (QED) is 0.436. The number of benzene rings is 1. The summed E-state index contributed by atoms with van der Waals surface area (Å²) >= 11 is 0. The van der Waals surface area contributed by atoms with Gasteiger partial charge in [0.25, 0.3) is 0 Å². The highest BCUT2D eigenvalue weighted by Gasteiger charge is 2.42. The minimum Gasteiger partial charge on any atom is -0.462 e. The number of esters is 1. The van der Waals surface area contributed by atoms with Crippen LogP contribution in [0.2, 0.25) is 0 Å². The van der Waals surface area contributed by atoms with Gasteiger partial charge in [-0.3, -0.25) is 4.79 Å². The van der Waals surface area contributed by atoms with Crippen LogP contribution < -0.4 is 4.84 Å². The second kappa shape index (κ2) is 8.11. The largest absolute Gasteiger partial charge is 0.473 e. The monoisotopic (exact) mass is 312 g/mol. The molecule has 116 valence electrons. The van der Waals surface area contributed by atoms with Gasteiger partial charge >= 0.3 is 13.9 Å². The third-order valence-electron chi connectivity index (χ3n) is 2.60. The fraction of sp³-hybridized carbons (Fsp3) is 0.533. The van der Waals surface area contributed by atoms with Gasteiger partial charge in [0.2, 0.25) is 0 Å². The molecule has 0 radical (unpaired) electrons. The second-order valence-electron chi connectivity index (χ2n) is 5.26. The van der Waals surface area contributed by atoms with E-state index in [2.05, 4.69) is 0 Å². The number of ether oxygens (including phenoxy) is 1. The lowest BCUT2D eigenvalue weighted by molar-refractivity contribution is -0.158. The molecule has 0 N–H and O–H groups in total. The minimum atomic E-state index is -1.86. The molecular formula is C15H23NO4P+. The lowest BCUT2D eigenvalue weighted by atomic mass is 10.3. The summed E-state index contributed by atoms with van der Waals surface area (Å²) in [5.41, 5.74) is -0.141. The van der Waals surface area contributed by atoms with E-state index < -0.39 is 20.0 Å². The van der Waals surface area contributed by atoms with Crippen LogP contribution in [0.3, 0.4) is 0 Å². The molecule has 1 unspecified atom stereocenters. The SMILES string of the molecule is CC(C)OC(=O)[C@H](C)N(Oc1ccccc1)[P+](=O)C(C)C. The van der Waals surface area contributed by atoms with Crippen molar-refractivity contribution >= 4 is 13.9 Å². The molecule has 0 aliphatic heterocycles. The van der Waals surface area contributed by atoms with Crippen LogP contribution in [0.15, 0.2) is 30.3 Å². The van der Waals surface area contributed by atoms with E-state index in [4.69, 9.17) is 9.57 Å². The Hall–Kier alpha value is -1.45. The molecule has 0 spiro atoms. The highest BCUT2D eigenvalue weighted by molar-refractivity contribution is 7.42. The van der Waals surface area contributed by atoms with E-state index in [0.717, 1.165) is 0 Å². The molecule has 0 aliphatic carbocycles. The summed E-state index contributed by atoms with van der Waals surface area (Å²) in [7, 11) is -1.86. The van der Waals surface area contributed by atoms with Crippen LogP contribution in [-0.2, 0) is 14.1 Å². The fourth-order valence-electron chi connectivity index (χ4n) is 1.53. The van der Waals surface area contributed by atoms with Gasteiger partial charge in [-0.15, -0.1) is 0 Å². The molecule has 0 fully saturated rings. The Morgan fingerprint density at radius 3 is 2.14 bits per heavy atom. The Labute approximate surface area is 127 Å². The Balaban J connectivity index is 2.91. The van der Waals surface area contributed by atoms with Gasteiger partial charge in [-0.2, -0.15) is 0 Å². The minimum absolute atomic E-state index is 0.141. The molecule has 0 aliphatic rings. The van der Waals surface area contributed by atoms with E-state index in [9.17, 15) is 9.36 Å². The fourth-order valence-corrected chi connectivity index (χ4v) is 2.59. The molecule has 21 heavy (non-hydrogen) atoms. The average Bonchev–Trinajstić information content (AvgIpc) is 2.43. The maximum Gasteiger partial charge on any atom is 0.473 e. The first-order valence-electron chi connectivity index (χ1n) is 7.02. The summed E-state index contributed by atoms with van der Waals surface area (Å²) in [5.74, 6) is 0.0793. The lowest BCUT2D eigenvalue weighted by Crippen LogP contribution is -2.39. The summed E-state index contributed by atoms with van der Waals surface area (Å²) in [6.07, 6.45) is -0.226. The van der Waals surface area contributed by atoms with Gasteiger partial charge in [0, 0.05) is 0 Å². The highest BCUT2D eigenvalue weighted by atomic mass is 31.1. The van der Waals surface area contributed by atoms with Crippen LogP contribution in [0.4, 0.5) is 0 Å². The van der Waals surface area contributed by atoms with Crippen LogP contribution >= 0.6 is 7.95 Å². The molecule has 0 saturated carbocycles. The van der Waals surface area contributed by atoms with Gasteiger partial charge < -0.3 is 9.57 Å². The van der Waals surface area contributed by atoms with Crippen molar-refractivity contribution in [2.75, 3.05) is 0 Å². The number of rotatable bonds is 7. The third-order valence-corrected chi connectivity index (χ3v) is 4.30. The van der Waals surface area contributed by atoms with Crippen LogP contribution in [0.1, 0.15) is 34.6 Å². The van der Waals surface area contributed by atoms with Gasteiger partial charge in [-0.1, -0.05) is 18.2 Å². The van der Waals surface area contributed by atoms with Crippen molar-refractivity contribution in [3.05, 3.63) is 30.3 Å². The third kappa shape index (κ3) is 5.44. The standard InChI is InChI=1S/C15H23NO4P/c1-11(2)19-15(17)13(5)16(21(18)12(3)4)20-14-9-7-6-8-10-14/h6-13H,1-5H3/q+1/t13-/m0/s1. The molecule has 0 heterocycles. The van der Waals surface area contributed by atoms with Crippen molar-refractivity contribution in [1.82, 2.24) is 4.83 Å². The van der Waals surface area contributed by atoms with E-state index in [-0.39, 0.29) is 11.8 Å². The molecule has 0 aromatic heterocycles. The molecule has 6 heteroatoms. The topological polar surface area (TPSA) is 55.8 Å². The first kappa shape index (κ1) is 17.6. The molecule has 5 nitrogen and oxygen atoms in total. The predicted octanol–water partition coefficient (Wildman–Crippen LogP) is 3.77. The Bertz CT molecular complexity index is 476. The molecule has 1 aromatic carbocycles. The van der Waals surface area contributed by atoms with Crippen molar-refractivity contribution in [1.29, 1.82) is 0 Å². The highest BCUT2D eigenvalue weighted by Crippen LogP contribution is 2.36. The van der Waals surface area contributed by atoms with Crippen LogP contribution in [0, 0.1) is 0 Å². The van der Waals surface area contributed by atoms with Gasteiger partial charge in [-0.05, 0) is 51.3 Å². The van der Waals surface area contributed by atoms with Gasteiger partial charge in [-0.25, -0.2) is 0 Å². The van der Waals surface area contributed by atoms with Crippen LogP contribution in [0.25, 0.3) is 0 Å². The van der Waals surface area contributed by atoms with E-state index in [1.165, 1.54) is 4.83 Å². The smallest absolute Gasteiger partial charge is 0.462 e.